The fourth-order valence-corrected chi connectivity index (χ4v) is 4.86. The molecule has 0 saturated carbocycles. The van der Waals surface area contributed by atoms with E-state index in [0.29, 0.717) is 52.9 Å². The van der Waals surface area contributed by atoms with Crippen molar-refractivity contribution in [2.75, 3.05) is 52.9 Å². The predicted molar refractivity (Wildman–Crippen MR) is 111 cm³/mol. The summed E-state index contributed by atoms with van der Waals surface area (Å²) in [5, 5.41) is 0. The van der Waals surface area contributed by atoms with Crippen LogP contribution >= 0.6 is 22.7 Å². The number of ether oxygens (including phenoxy) is 6. The lowest BCUT2D eigenvalue weighted by molar-refractivity contribution is 0.0640. The van der Waals surface area contributed by atoms with E-state index < -0.39 is 0 Å². The number of aryl methyl sites for hydroxylation is 4. The minimum Gasteiger partial charge on any atom is -0.486 e. The van der Waals surface area contributed by atoms with Gasteiger partial charge in [-0.1, -0.05) is 0 Å². The second kappa shape index (κ2) is 10.3. The molecule has 0 aliphatic carbocycles. The summed E-state index contributed by atoms with van der Waals surface area (Å²) in [5.74, 6) is 3.23. The Morgan fingerprint density at radius 3 is 0.929 bits per heavy atom. The minimum absolute atomic E-state index is 0.467. The summed E-state index contributed by atoms with van der Waals surface area (Å²) in [6, 6.07) is 0. The largest absolute Gasteiger partial charge is 0.486 e. The summed E-state index contributed by atoms with van der Waals surface area (Å²) in [4.78, 5) is 4.43. The summed E-state index contributed by atoms with van der Waals surface area (Å²) in [5.41, 5.74) is 0. The minimum atomic E-state index is 0.467. The van der Waals surface area contributed by atoms with E-state index in [2.05, 4.69) is 0 Å². The summed E-state index contributed by atoms with van der Waals surface area (Å²) in [7, 11) is 0. The van der Waals surface area contributed by atoms with Gasteiger partial charge in [0, 0.05) is 19.5 Å². The molecule has 0 amide bonds. The molecule has 8 heteroatoms. The maximum absolute atomic E-state index is 5.92. The number of rotatable bonds is 0. The molecule has 0 fully saturated rings. The van der Waals surface area contributed by atoms with Crippen molar-refractivity contribution >= 4 is 22.7 Å². The lowest BCUT2D eigenvalue weighted by Gasteiger charge is -2.14. The van der Waals surface area contributed by atoms with Crippen LogP contribution in [0.2, 0.25) is 0 Å². The van der Waals surface area contributed by atoms with Crippen molar-refractivity contribution in [1.29, 1.82) is 0 Å². The lowest BCUT2D eigenvalue weighted by Crippen LogP contribution is -2.15. The topological polar surface area (TPSA) is 55.4 Å². The fourth-order valence-electron chi connectivity index (χ4n) is 2.97. The van der Waals surface area contributed by atoms with E-state index >= 15 is 0 Å². The van der Waals surface area contributed by atoms with Gasteiger partial charge in [0.2, 0.25) is 0 Å². The van der Waals surface area contributed by atoms with Crippen molar-refractivity contribution in [2.45, 2.75) is 27.7 Å². The van der Waals surface area contributed by atoms with E-state index in [9.17, 15) is 0 Å². The molecule has 6 nitrogen and oxygen atoms in total. The second-order valence-corrected chi connectivity index (χ2v) is 9.22. The van der Waals surface area contributed by atoms with Crippen LogP contribution in [0.5, 0.6) is 23.0 Å². The maximum Gasteiger partial charge on any atom is 0.175 e. The predicted octanol–water partition coefficient (Wildman–Crippen LogP) is 4.31. The van der Waals surface area contributed by atoms with E-state index in [1.807, 2.05) is 27.7 Å². The molecule has 2 aromatic heterocycles. The SMILES string of the molecule is Cc1sc(C)c2c1OCCOCCOc1c(C)sc(C)c1OCCOCCO2. The van der Waals surface area contributed by atoms with Gasteiger partial charge in [0.05, 0.1) is 26.4 Å². The highest BCUT2D eigenvalue weighted by atomic mass is 32.1. The normalized spacial score (nSPS) is 17.0. The average Bonchev–Trinajstić information content (AvgIpc) is 3.07. The highest BCUT2D eigenvalue weighted by molar-refractivity contribution is 7.12. The van der Waals surface area contributed by atoms with Gasteiger partial charge in [-0.2, -0.15) is 0 Å². The Bertz CT molecular complexity index is 646. The first-order valence-corrected chi connectivity index (χ1v) is 11.1. The molecule has 0 aromatic carbocycles. The zero-order chi connectivity index (χ0) is 19.9. The van der Waals surface area contributed by atoms with Crippen LogP contribution in [0.4, 0.5) is 0 Å². The molecule has 0 saturated heterocycles. The van der Waals surface area contributed by atoms with Gasteiger partial charge in [0.1, 0.15) is 26.4 Å². The van der Waals surface area contributed by atoms with Crippen LogP contribution in [0.25, 0.3) is 0 Å². The van der Waals surface area contributed by atoms with Crippen molar-refractivity contribution < 1.29 is 28.4 Å². The quantitative estimate of drug-likeness (QED) is 0.623. The monoisotopic (exact) mass is 428 g/mol. The number of fused-ring (bicyclic) bond motifs is 2. The third kappa shape index (κ3) is 5.31. The number of hydrogen-bond acceptors (Lipinski definition) is 8. The molecule has 0 spiro atoms. The van der Waals surface area contributed by atoms with Crippen LogP contribution in [-0.2, 0) is 9.47 Å². The molecule has 3 rings (SSSR count). The average molecular weight is 429 g/mol. The fraction of sp³-hybridized carbons (Fsp3) is 0.600. The van der Waals surface area contributed by atoms with Gasteiger partial charge in [-0.25, -0.2) is 0 Å². The Kier molecular flexibility index (Phi) is 7.84. The van der Waals surface area contributed by atoms with E-state index in [1.54, 1.807) is 22.7 Å². The molecule has 3 heterocycles. The third-order valence-electron chi connectivity index (χ3n) is 4.20. The van der Waals surface area contributed by atoms with Gasteiger partial charge in [-0.05, 0) is 27.7 Å². The van der Waals surface area contributed by atoms with Gasteiger partial charge in [-0.3, -0.25) is 0 Å². The maximum atomic E-state index is 5.92. The van der Waals surface area contributed by atoms with Crippen LogP contribution in [0.1, 0.15) is 19.5 Å². The van der Waals surface area contributed by atoms with Crippen LogP contribution in [0.15, 0.2) is 0 Å². The van der Waals surface area contributed by atoms with Crippen molar-refractivity contribution in [3.05, 3.63) is 19.5 Å². The van der Waals surface area contributed by atoms with Crippen molar-refractivity contribution in [3.63, 3.8) is 0 Å². The van der Waals surface area contributed by atoms with Gasteiger partial charge in [0.25, 0.3) is 0 Å². The summed E-state index contributed by atoms with van der Waals surface area (Å²) >= 11 is 3.35. The molecular weight excluding hydrogens is 400 g/mol. The van der Waals surface area contributed by atoms with Gasteiger partial charge < -0.3 is 28.4 Å². The van der Waals surface area contributed by atoms with E-state index in [1.165, 1.54) is 0 Å². The molecule has 1 aliphatic rings. The van der Waals surface area contributed by atoms with Crippen LogP contribution in [-0.4, -0.2) is 52.9 Å². The highest BCUT2D eigenvalue weighted by Crippen LogP contribution is 2.42. The van der Waals surface area contributed by atoms with Gasteiger partial charge >= 0.3 is 0 Å². The standard InChI is InChI=1S/C20H28O6S2/c1-13-17-18(14(2)27-13)24-10-6-22-8-12-26-20-16(4)28-15(3)19(20)25-11-7-21-5-9-23-17/h5-12H2,1-4H3. The molecule has 0 radical (unpaired) electrons. The lowest BCUT2D eigenvalue weighted by atomic mass is 10.3. The molecule has 0 bridgehead atoms. The Hall–Kier alpha value is -1.48. The molecule has 0 unspecified atom stereocenters. The number of thiophene rings is 2. The Morgan fingerprint density at radius 1 is 0.429 bits per heavy atom. The van der Waals surface area contributed by atoms with Gasteiger partial charge in [0.15, 0.2) is 23.0 Å². The van der Waals surface area contributed by atoms with Crippen LogP contribution < -0.4 is 18.9 Å². The number of hydrogen-bond donors (Lipinski definition) is 0. The summed E-state index contributed by atoms with van der Waals surface area (Å²) < 4.78 is 35.0. The Labute approximate surface area is 174 Å². The summed E-state index contributed by atoms with van der Waals surface area (Å²) in [6.07, 6.45) is 0. The first-order valence-electron chi connectivity index (χ1n) is 9.44. The Balaban J connectivity index is 1.62. The molecular formula is C20H28O6S2. The highest BCUT2D eigenvalue weighted by Gasteiger charge is 2.18. The smallest absolute Gasteiger partial charge is 0.175 e. The van der Waals surface area contributed by atoms with Crippen molar-refractivity contribution in [3.8, 4) is 23.0 Å². The zero-order valence-corrected chi connectivity index (χ0v) is 18.6. The van der Waals surface area contributed by atoms with Crippen molar-refractivity contribution in [2.24, 2.45) is 0 Å². The second-order valence-electron chi connectivity index (χ2n) is 6.36. The van der Waals surface area contributed by atoms with E-state index in [0.717, 1.165) is 42.5 Å². The molecule has 0 atom stereocenters. The van der Waals surface area contributed by atoms with Crippen LogP contribution in [0.3, 0.4) is 0 Å². The molecule has 2 aromatic rings. The van der Waals surface area contributed by atoms with E-state index in [-0.39, 0.29) is 0 Å². The van der Waals surface area contributed by atoms with Gasteiger partial charge in [-0.15, -0.1) is 22.7 Å². The summed E-state index contributed by atoms with van der Waals surface area (Å²) in [6.45, 7) is 12.0. The zero-order valence-electron chi connectivity index (χ0n) is 16.9. The van der Waals surface area contributed by atoms with E-state index in [4.69, 9.17) is 28.4 Å². The Morgan fingerprint density at radius 2 is 0.679 bits per heavy atom. The molecule has 156 valence electrons. The third-order valence-corrected chi connectivity index (χ3v) is 6.17. The van der Waals surface area contributed by atoms with Crippen molar-refractivity contribution in [1.82, 2.24) is 0 Å². The first kappa shape index (κ1) is 21.2. The van der Waals surface area contributed by atoms with Crippen LogP contribution in [0, 0.1) is 27.7 Å². The molecule has 28 heavy (non-hydrogen) atoms. The molecule has 0 N–H and O–H groups in total. The first-order chi connectivity index (χ1) is 13.6. The molecule has 1 aliphatic heterocycles.